The van der Waals surface area contributed by atoms with Gasteiger partial charge in [0.15, 0.2) is 23.0 Å². The minimum Gasteiger partial charge on any atom is -0.493 e. The van der Waals surface area contributed by atoms with Crippen molar-refractivity contribution in [3.63, 3.8) is 0 Å². The van der Waals surface area contributed by atoms with Gasteiger partial charge >= 0.3 is 0 Å². The Morgan fingerprint density at radius 3 is 2.07 bits per heavy atom. The van der Waals surface area contributed by atoms with Crippen LogP contribution in [0.1, 0.15) is 27.6 Å². The van der Waals surface area contributed by atoms with Gasteiger partial charge in [-0.1, -0.05) is 0 Å². The molecule has 160 valence electrons. The highest BCUT2D eigenvalue weighted by Gasteiger charge is 2.25. The second-order valence-corrected chi connectivity index (χ2v) is 5.69. The van der Waals surface area contributed by atoms with E-state index >= 15 is 0 Å². The first-order chi connectivity index (χ1) is 14.4. The van der Waals surface area contributed by atoms with Crippen LogP contribution in [0.2, 0.25) is 0 Å². The highest BCUT2D eigenvalue weighted by atomic mass is 16.6. The fourth-order valence-corrected chi connectivity index (χ4v) is 2.54. The first-order valence-corrected chi connectivity index (χ1v) is 8.68. The van der Waals surface area contributed by atoms with Crippen molar-refractivity contribution in [1.29, 1.82) is 0 Å². The van der Waals surface area contributed by atoms with Gasteiger partial charge in [-0.15, -0.1) is 0 Å². The number of rotatable bonds is 8. The number of carbonyl (C=O) groups is 2. The molecule has 2 rings (SSSR count). The van der Waals surface area contributed by atoms with Crippen LogP contribution in [-0.4, -0.2) is 44.7 Å². The first kappa shape index (κ1) is 22.3. The minimum atomic E-state index is -0.906. The smallest absolute Gasteiger partial charge is 0.286 e. The van der Waals surface area contributed by atoms with Crippen molar-refractivity contribution in [3.05, 3.63) is 51.6 Å². The maximum absolute atomic E-state index is 12.5. The largest absolute Gasteiger partial charge is 0.493 e. The summed E-state index contributed by atoms with van der Waals surface area (Å²) >= 11 is 0. The second-order valence-electron chi connectivity index (χ2n) is 5.69. The van der Waals surface area contributed by atoms with Crippen molar-refractivity contribution < 1.29 is 33.5 Å². The van der Waals surface area contributed by atoms with Crippen LogP contribution in [0.15, 0.2) is 30.3 Å². The van der Waals surface area contributed by atoms with Crippen LogP contribution in [0.5, 0.6) is 23.0 Å². The molecule has 0 aliphatic rings. The summed E-state index contributed by atoms with van der Waals surface area (Å²) in [6, 6.07) is 6.67. The number of nitrogens with one attached hydrogen (secondary N) is 2. The fraction of sp³-hybridized carbons (Fsp3) is 0.263. The third-order valence-corrected chi connectivity index (χ3v) is 3.96. The van der Waals surface area contributed by atoms with Crippen molar-refractivity contribution in [1.82, 2.24) is 10.9 Å². The molecule has 11 heteroatoms. The highest BCUT2D eigenvalue weighted by molar-refractivity contribution is 6.02. The molecule has 0 spiro atoms. The van der Waals surface area contributed by atoms with Gasteiger partial charge in [0.1, 0.15) is 5.56 Å². The zero-order chi connectivity index (χ0) is 22.3. The van der Waals surface area contributed by atoms with Crippen LogP contribution in [0.25, 0.3) is 0 Å². The minimum absolute atomic E-state index is 0.123. The van der Waals surface area contributed by atoms with Gasteiger partial charge in [0.05, 0.1) is 38.9 Å². The van der Waals surface area contributed by atoms with E-state index in [0.717, 1.165) is 6.07 Å². The third kappa shape index (κ3) is 4.87. The molecule has 11 nitrogen and oxygen atoms in total. The third-order valence-electron chi connectivity index (χ3n) is 3.96. The number of hydrazine groups is 1. The molecule has 2 aromatic carbocycles. The van der Waals surface area contributed by atoms with Crippen molar-refractivity contribution >= 4 is 17.5 Å². The molecule has 0 aliphatic heterocycles. The summed E-state index contributed by atoms with van der Waals surface area (Å²) in [5.41, 5.74) is 3.71. The Bertz CT molecular complexity index is 961. The topological polar surface area (TPSA) is 138 Å². The molecule has 0 aliphatic carbocycles. The lowest BCUT2D eigenvalue weighted by Crippen LogP contribution is -2.41. The van der Waals surface area contributed by atoms with E-state index in [1.165, 1.54) is 45.6 Å². The van der Waals surface area contributed by atoms with Gasteiger partial charge in [0, 0.05) is 11.6 Å². The van der Waals surface area contributed by atoms with Gasteiger partial charge in [-0.25, -0.2) is 0 Å². The molecule has 30 heavy (non-hydrogen) atoms. The van der Waals surface area contributed by atoms with E-state index in [9.17, 15) is 19.7 Å². The van der Waals surface area contributed by atoms with Crippen molar-refractivity contribution in [2.75, 3.05) is 27.9 Å². The van der Waals surface area contributed by atoms with E-state index in [1.54, 1.807) is 6.92 Å². The number of hydrogen-bond acceptors (Lipinski definition) is 8. The van der Waals surface area contributed by atoms with Crippen LogP contribution >= 0.6 is 0 Å². The summed E-state index contributed by atoms with van der Waals surface area (Å²) in [6.07, 6.45) is 0. The van der Waals surface area contributed by atoms with E-state index < -0.39 is 22.4 Å². The number of amides is 2. The van der Waals surface area contributed by atoms with Gasteiger partial charge in [0.25, 0.3) is 17.5 Å². The molecule has 2 amide bonds. The Hall–Kier alpha value is -4.02. The monoisotopic (exact) mass is 419 g/mol. The molecule has 0 radical (unpaired) electrons. The van der Waals surface area contributed by atoms with E-state index in [0.29, 0.717) is 11.5 Å². The maximum atomic E-state index is 12.5. The molecule has 0 heterocycles. The molecule has 0 saturated heterocycles. The number of ether oxygens (including phenoxy) is 4. The van der Waals surface area contributed by atoms with Gasteiger partial charge in [-0.3, -0.25) is 30.6 Å². The van der Waals surface area contributed by atoms with Gasteiger partial charge in [-0.05, 0) is 25.1 Å². The number of carbonyl (C=O) groups excluding carboxylic acids is 2. The molecule has 0 saturated carbocycles. The van der Waals surface area contributed by atoms with Gasteiger partial charge in [-0.2, -0.15) is 0 Å². The Morgan fingerprint density at radius 1 is 0.900 bits per heavy atom. The first-order valence-electron chi connectivity index (χ1n) is 8.68. The molecule has 0 fully saturated rings. The predicted molar refractivity (Wildman–Crippen MR) is 105 cm³/mol. The van der Waals surface area contributed by atoms with Crippen LogP contribution in [0.4, 0.5) is 5.69 Å². The van der Waals surface area contributed by atoms with Crippen molar-refractivity contribution in [2.24, 2.45) is 0 Å². The van der Waals surface area contributed by atoms with Crippen LogP contribution in [0, 0.1) is 10.1 Å². The van der Waals surface area contributed by atoms with Crippen LogP contribution < -0.4 is 29.8 Å². The lowest BCUT2D eigenvalue weighted by atomic mass is 10.1. The zero-order valence-corrected chi connectivity index (χ0v) is 16.8. The van der Waals surface area contributed by atoms with E-state index in [1.807, 2.05) is 0 Å². The predicted octanol–water partition coefficient (Wildman–Crippen LogP) is 2.09. The van der Waals surface area contributed by atoms with E-state index in [2.05, 4.69) is 10.9 Å². The van der Waals surface area contributed by atoms with Crippen LogP contribution in [0.3, 0.4) is 0 Å². The zero-order valence-electron chi connectivity index (χ0n) is 16.8. The summed E-state index contributed by atoms with van der Waals surface area (Å²) in [7, 11) is 4.21. The lowest BCUT2D eigenvalue weighted by Gasteiger charge is -2.13. The lowest BCUT2D eigenvalue weighted by molar-refractivity contribution is -0.385. The molecule has 0 bridgehead atoms. The number of nitrogens with zero attached hydrogens (tertiary/aromatic N) is 1. The highest BCUT2D eigenvalue weighted by Crippen LogP contribution is 2.34. The van der Waals surface area contributed by atoms with Crippen molar-refractivity contribution in [3.8, 4) is 23.0 Å². The summed E-state index contributed by atoms with van der Waals surface area (Å²) in [5, 5.41) is 11.4. The molecule has 0 atom stereocenters. The SMILES string of the molecule is CCOc1cc([N+](=O)[O-])c(C(=O)NNC(=O)c2ccc(OC)c(OC)c2)cc1OC. The molecular formula is C19H21N3O8. The molecular weight excluding hydrogens is 398 g/mol. The van der Waals surface area contributed by atoms with Crippen LogP contribution in [-0.2, 0) is 0 Å². The maximum Gasteiger partial charge on any atom is 0.286 e. The number of benzene rings is 2. The Labute approximate surface area is 172 Å². The van der Waals surface area contributed by atoms with Gasteiger partial charge < -0.3 is 18.9 Å². The fourth-order valence-electron chi connectivity index (χ4n) is 2.54. The summed E-state index contributed by atoms with van der Waals surface area (Å²) in [4.78, 5) is 35.5. The van der Waals surface area contributed by atoms with Gasteiger partial charge in [0.2, 0.25) is 0 Å². The Balaban J connectivity index is 2.23. The number of nitro groups is 1. The summed E-state index contributed by atoms with van der Waals surface area (Å²) < 4.78 is 20.6. The Morgan fingerprint density at radius 2 is 1.50 bits per heavy atom. The number of hydrogen-bond donors (Lipinski definition) is 2. The van der Waals surface area contributed by atoms with E-state index in [4.69, 9.17) is 18.9 Å². The molecule has 0 unspecified atom stereocenters. The summed E-state index contributed by atoms with van der Waals surface area (Å²) in [6.45, 7) is 1.95. The van der Waals surface area contributed by atoms with E-state index in [-0.39, 0.29) is 29.2 Å². The Kier molecular flexibility index (Phi) is 7.39. The average Bonchev–Trinajstić information content (AvgIpc) is 2.76. The number of nitro benzene ring substituents is 1. The normalized spacial score (nSPS) is 10.0. The summed E-state index contributed by atoms with van der Waals surface area (Å²) in [5.74, 6) is -0.559. The molecule has 0 aromatic heterocycles. The van der Waals surface area contributed by atoms with Crippen molar-refractivity contribution in [2.45, 2.75) is 6.92 Å². The molecule has 2 N–H and O–H groups in total. The average molecular weight is 419 g/mol. The second kappa shape index (κ2) is 9.96. The molecule has 2 aromatic rings. The number of methoxy groups -OCH3 is 3. The standard InChI is InChI=1S/C19H21N3O8/c1-5-30-17-10-13(22(25)26)12(9-16(17)29-4)19(24)21-20-18(23)11-6-7-14(27-2)15(8-11)28-3/h6-10H,5H2,1-4H3,(H,20,23)(H,21,24). The quantitative estimate of drug-likeness (QED) is 0.490.